The van der Waals surface area contributed by atoms with Crippen molar-refractivity contribution in [1.29, 1.82) is 0 Å². The summed E-state index contributed by atoms with van der Waals surface area (Å²) in [6.07, 6.45) is 9.78. The van der Waals surface area contributed by atoms with Crippen molar-refractivity contribution in [2.75, 3.05) is 38.8 Å². The minimum Gasteiger partial charge on any atom is -0.496 e. The number of hydrogen-bond acceptors (Lipinski definition) is 6. The monoisotopic (exact) mass is 501 g/mol. The molecule has 2 heterocycles. The van der Waals surface area contributed by atoms with Gasteiger partial charge in [-0.3, -0.25) is 9.69 Å². The van der Waals surface area contributed by atoms with Gasteiger partial charge in [-0.15, -0.1) is 0 Å². The van der Waals surface area contributed by atoms with Crippen molar-refractivity contribution in [3.8, 4) is 5.75 Å². The van der Waals surface area contributed by atoms with Gasteiger partial charge in [0.15, 0.2) is 0 Å². The van der Waals surface area contributed by atoms with Crippen LogP contribution in [0.15, 0.2) is 12.3 Å². The fourth-order valence-corrected chi connectivity index (χ4v) is 6.17. The van der Waals surface area contributed by atoms with Crippen LogP contribution in [0.25, 0.3) is 0 Å². The molecule has 1 N–H and O–H groups in total. The van der Waals surface area contributed by atoms with Crippen molar-refractivity contribution in [2.24, 2.45) is 29.6 Å². The van der Waals surface area contributed by atoms with E-state index in [0.29, 0.717) is 29.6 Å². The van der Waals surface area contributed by atoms with Crippen molar-refractivity contribution >= 4 is 18.0 Å². The highest BCUT2D eigenvalue weighted by molar-refractivity contribution is 5.96. The zero-order chi connectivity index (χ0) is 26.2. The summed E-state index contributed by atoms with van der Waals surface area (Å²) >= 11 is 0. The molecule has 1 aromatic rings. The summed E-state index contributed by atoms with van der Waals surface area (Å²) in [5, 5.41) is 3.62. The maximum Gasteiger partial charge on any atom is 0.233 e. The van der Waals surface area contributed by atoms with E-state index in [4.69, 9.17) is 19.3 Å². The number of aromatic nitrogens is 1. The van der Waals surface area contributed by atoms with Gasteiger partial charge in [0.1, 0.15) is 17.9 Å². The number of hydrogen-bond donors (Lipinski definition) is 1. The maximum absolute atomic E-state index is 14.0. The van der Waals surface area contributed by atoms with Crippen LogP contribution in [0, 0.1) is 29.6 Å². The first-order chi connectivity index (χ1) is 17.4. The molecule has 7 nitrogen and oxygen atoms in total. The van der Waals surface area contributed by atoms with Gasteiger partial charge in [0.2, 0.25) is 5.91 Å². The molecule has 1 aromatic heterocycles. The highest BCUT2D eigenvalue weighted by atomic mass is 16.5. The summed E-state index contributed by atoms with van der Waals surface area (Å²) in [6.45, 7) is 10.7. The molecular formula is C29H47N3O4. The Labute approximate surface area is 217 Å². The van der Waals surface area contributed by atoms with Gasteiger partial charge in [0.25, 0.3) is 0 Å². The summed E-state index contributed by atoms with van der Waals surface area (Å²) in [7, 11) is 3.51. The van der Waals surface area contributed by atoms with Gasteiger partial charge in [-0.1, -0.05) is 20.8 Å². The third-order valence-corrected chi connectivity index (χ3v) is 8.39. The van der Waals surface area contributed by atoms with Crippen LogP contribution in [0.4, 0.5) is 5.82 Å². The second-order valence-electron chi connectivity index (χ2n) is 11.1. The van der Waals surface area contributed by atoms with E-state index in [1.54, 1.807) is 7.11 Å². The molecule has 202 valence electrons. The summed E-state index contributed by atoms with van der Waals surface area (Å²) < 4.78 is 11.1. The summed E-state index contributed by atoms with van der Waals surface area (Å²) in [4.78, 5) is 29.5. The summed E-state index contributed by atoms with van der Waals surface area (Å²) in [6, 6.07) is 2.25. The van der Waals surface area contributed by atoms with Gasteiger partial charge in [-0.2, -0.15) is 0 Å². The van der Waals surface area contributed by atoms with Crippen molar-refractivity contribution < 1.29 is 19.1 Å². The number of anilines is 1. The normalized spacial score (nSPS) is 28.1. The van der Waals surface area contributed by atoms with Crippen molar-refractivity contribution in [3.63, 3.8) is 0 Å². The zero-order valence-electron chi connectivity index (χ0n) is 23.2. The second kappa shape index (κ2) is 13.5. The zero-order valence-corrected chi connectivity index (χ0v) is 23.2. The molecule has 2 aliphatic carbocycles. The molecule has 3 fully saturated rings. The minimum atomic E-state index is -0.00128. The standard InChI is InChI=1S/C27H43N3O3.C2H4O/c1-17(2)22-15-29-26(12-25(22)33-5)30(21-10-11-21)27(31)24-14-28-13-23(18(24)3)20-8-6-19(7-9-20)16-32-4;1-2-3/h12,15,17-21,23-24,28H,6-11,13-14,16H2,1-5H3;2H,1H3. The van der Waals surface area contributed by atoms with Crippen LogP contribution in [0.3, 0.4) is 0 Å². The number of carbonyl (C=O) groups excluding carboxylic acids is 2. The Morgan fingerprint density at radius 1 is 1.17 bits per heavy atom. The van der Waals surface area contributed by atoms with E-state index in [-0.39, 0.29) is 17.9 Å². The minimum absolute atomic E-state index is 0.00128. The summed E-state index contributed by atoms with van der Waals surface area (Å²) in [5.41, 5.74) is 1.08. The first-order valence-electron chi connectivity index (χ1n) is 13.8. The number of rotatable bonds is 8. The number of carbonyl (C=O) groups is 2. The van der Waals surface area contributed by atoms with E-state index in [9.17, 15) is 4.79 Å². The van der Waals surface area contributed by atoms with E-state index >= 15 is 0 Å². The lowest BCUT2D eigenvalue weighted by molar-refractivity contribution is -0.126. The Morgan fingerprint density at radius 3 is 2.39 bits per heavy atom. The van der Waals surface area contributed by atoms with Crippen molar-refractivity contribution in [1.82, 2.24) is 10.3 Å². The Kier molecular flexibility index (Phi) is 10.7. The molecule has 3 aliphatic rings. The number of amides is 1. The Balaban J connectivity index is 0.00000115. The second-order valence-corrected chi connectivity index (χ2v) is 11.1. The highest BCUT2D eigenvalue weighted by Gasteiger charge is 2.44. The van der Waals surface area contributed by atoms with Gasteiger partial charge in [-0.05, 0) is 81.6 Å². The van der Waals surface area contributed by atoms with Gasteiger partial charge >= 0.3 is 0 Å². The predicted molar refractivity (Wildman–Crippen MR) is 143 cm³/mol. The maximum atomic E-state index is 14.0. The van der Waals surface area contributed by atoms with Gasteiger partial charge < -0.3 is 19.6 Å². The van der Waals surface area contributed by atoms with Crippen molar-refractivity contribution in [2.45, 2.75) is 78.2 Å². The SMILES string of the molecule is CC=O.COCC1CCC(C2CNCC(C(=O)N(c3cc(OC)c(C(C)C)cn3)C3CC3)C2C)CC1. The molecule has 4 rings (SSSR count). The van der Waals surface area contributed by atoms with Crippen LogP contribution in [0.5, 0.6) is 5.75 Å². The lowest BCUT2D eigenvalue weighted by Crippen LogP contribution is -2.52. The first-order valence-corrected chi connectivity index (χ1v) is 13.8. The molecule has 7 heteroatoms. The number of piperidine rings is 1. The molecule has 0 radical (unpaired) electrons. The molecular weight excluding hydrogens is 454 g/mol. The fraction of sp³-hybridized carbons (Fsp3) is 0.759. The van der Waals surface area contributed by atoms with E-state index < -0.39 is 0 Å². The van der Waals surface area contributed by atoms with Crippen LogP contribution in [-0.4, -0.2) is 57.1 Å². The van der Waals surface area contributed by atoms with Crippen molar-refractivity contribution in [3.05, 3.63) is 17.8 Å². The Morgan fingerprint density at radius 2 is 1.83 bits per heavy atom. The van der Waals surface area contributed by atoms with Gasteiger partial charge in [0, 0.05) is 44.1 Å². The number of nitrogens with one attached hydrogen (secondary N) is 1. The van der Waals surface area contributed by atoms with Gasteiger partial charge in [-0.25, -0.2) is 4.98 Å². The Hall–Kier alpha value is -1.99. The van der Waals surface area contributed by atoms with Crippen LogP contribution in [-0.2, 0) is 14.3 Å². The van der Waals surface area contributed by atoms with E-state index in [2.05, 4.69) is 26.1 Å². The van der Waals surface area contributed by atoms with E-state index in [1.165, 1.54) is 32.6 Å². The van der Waals surface area contributed by atoms with Gasteiger partial charge in [0.05, 0.1) is 13.0 Å². The lowest BCUT2D eigenvalue weighted by atomic mass is 9.67. The third-order valence-electron chi connectivity index (χ3n) is 8.39. The average Bonchev–Trinajstić information content (AvgIpc) is 3.70. The number of aldehydes is 1. The quantitative estimate of drug-likeness (QED) is 0.514. The van der Waals surface area contributed by atoms with Crippen LogP contribution in [0.1, 0.15) is 77.7 Å². The number of pyridine rings is 1. The molecule has 0 bridgehead atoms. The van der Waals surface area contributed by atoms with E-state index in [1.807, 2.05) is 24.3 Å². The molecule has 0 spiro atoms. The molecule has 3 atom stereocenters. The molecule has 1 amide bonds. The number of nitrogens with zero attached hydrogens (tertiary/aromatic N) is 2. The lowest BCUT2D eigenvalue weighted by Gasteiger charge is -2.43. The van der Waals surface area contributed by atoms with Crippen LogP contribution in [0.2, 0.25) is 0 Å². The largest absolute Gasteiger partial charge is 0.496 e. The first kappa shape index (κ1) is 28.6. The van der Waals surface area contributed by atoms with Crippen LogP contribution >= 0.6 is 0 Å². The third kappa shape index (κ3) is 6.86. The molecule has 0 aromatic carbocycles. The topological polar surface area (TPSA) is 80.8 Å². The highest BCUT2D eigenvalue weighted by Crippen LogP contribution is 2.42. The predicted octanol–water partition coefficient (Wildman–Crippen LogP) is 4.84. The molecule has 1 saturated heterocycles. The average molecular weight is 502 g/mol. The Bertz CT molecular complexity index is 849. The van der Waals surface area contributed by atoms with Crippen LogP contribution < -0.4 is 15.0 Å². The molecule has 36 heavy (non-hydrogen) atoms. The smallest absolute Gasteiger partial charge is 0.233 e. The van der Waals surface area contributed by atoms with E-state index in [0.717, 1.165) is 56.0 Å². The summed E-state index contributed by atoms with van der Waals surface area (Å²) in [5.74, 6) is 4.48. The fourth-order valence-electron chi connectivity index (χ4n) is 6.17. The number of methoxy groups -OCH3 is 2. The molecule has 3 unspecified atom stereocenters. The molecule has 1 aliphatic heterocycles. The molecule has 2 saturated carbocycles. The number of ether oxygens (including phenoxy) is 2.